The average Bonchev–Trinajstić information content (AvgIpc) is 3.41. The summed E-state index contributed by atoms with van der Waals surface area (Å²) in [5.41, 5.74) is 5.74. The Morgan fingerprint density at radius 3 is 2.28 bits per heavy atom. The van der Waals surface area contributed by atoms with Gasteiger partial charge in [-0.25, -0.2) is 4.98 Å². The van der Waals surface area contributed by atoms with E-state index in [1.54, 1.807) is 10.9 Å². The number of nitrogens with zero attached hydrogens (tertiary/aromatic N) is 2. The second-order valence-electron chi connectivity index (χ2n) is 11.7. The molecule has 2 heterocycles. The van der Waals surface area contributed by atoms with Crippen LogP contribution in [0.2, 0.25) is 10.3 Å². The van der Waals surface area contributed by atoms with E-state index < -0.39 is 12.3 Å². The zero-order valence-corrected chi connectivity index (χ0v) is 27.5. The summed E-state index contributed by atoms with van der Waals surface area (Å²) in [7, 11) is 0. The fraction of sp³-hybridized carbons (Fsp3) is 0.361. The standard InChI is InChI=1S/C36H39Cl2N3O6/c37-34-35(38)41(23-40-34)21-30-19-31(27-12-10-24(22-42)11-13-27)47-36(46-30)28-16-14-26(15-17-28)29-7-5-6-25(18-29)20-39-32(43)8-3-1-2-4-9-33(44)45/h5-7,10-18,23,30-31,36,42H,1-4,8-9,19-22H2,(H,39,43)(H,44,45). The lowest BCUT2D eigenvalue weighted by Crippen LogP contribution is -2.32. The third-order valence-electron chi connectivity index (χ3n) is 8.23. The first-order chi connectivity index (χ1) is 22.8. The SMILES string of the molecule is O=C(O)CCCCCCC(=O)NCc1cccc(-c2ccc(C3OC(Cn4cnc(Cl)c4Cl)CC(c4ccc(CO)cc4)O3)cc2)c1. The van der Waals surface area contributed by atoms with E-state index >= 15 is 0 Å². The number of benzene rings is 3. The zero-order chi connectivity index (χ0) is 33.2. The van der Waals surface area contributed by atoms with E-state index in [-0.39, 0.29) is 36.3 Å². The number of carboxylic acid groups (broad SMARTS) is 1. The van der Waals surface area contributed by atoms with E-state index in [1.165, 1.54) is 0 Å². The van der Waals surface area contributed by atoms with Crippen LogP contribution in [0.15, 0.2) is 79.1 Å². The van der Waals surface area contributed by atoms with Crippen molar-refractivity contribution in [1.82, 2.24) is 14.9 Å². The largest absolute Gasteiger partial charge is 0.481 e. The molecule has 1 saturated heterocycles. The molecule has 1 fully saturated rings. The zero-order valence-electron chi connectivity index (χ0n) is 26.0. The van der Waals surface area contributed by atoms with Crippen LogP contribution >= 0.6 is 23.2 Å². The predicted octanol–water partition coefficient (Wildman–Crippen LogP) is 7.64. The first-order valence-corrected chi connectivity index (χ1v) is 16.6. The van der Waals surface area contributed by atoms with Crippen molar-refractivity contribution in [3.63, 3.8) is 0 Å². The fourth-order valence-electron chi connectivity index (χ4n) is 5.62. The van der Waals surface area contributed by atoms with Gasteiger partial charge in [0.2, 0.25) is 5.91 Å². The van der Waals surface area contributed by atoms with Gasteiger partial charge < -0.3 is 29.6 Å². The number of ether oxygens (including phenoxy) is 2. The minimum atomic E-state index is -0.780. The van der Waals surface area contributed by atoms with Crippen LogP contribution in [0.1, 0.15) is 79.6 Å². The number of hydrogen-bond acceptors (Lipinski definition) is 6. The molecule has 0 bridgehead atoms. The number of hydrogen-bond donors (Lipinski definition) is 3. The molecule has 1 aliphatic heterocycles. The highest BCUT2D eigenvalue weighted by Gasteiger charge is 2.33. The number of aromatic nitrogens is 2. The Labute approximate surface area is 284 Å². The number of carbonyl (C=O) groups excluding carboxylic acids is 1. The molecule has 1 amide bonds. The van der Waals surface area contributed by atoms with Crippen molar-refractivity contribution >= 4 is 35.1 Å². The number of carbonyl (C=O) groups is 2. The molecule has 3 unspecified atom stereocenters. The summed E-state index contributed by atoms with van der Waals surface area (Å²) in [6, 6.07) is 23.9. The first-order valence-electron chi connectivity index (χ1n) is 15.8. The van der Waals surface area contributed by atoms with Crippen LogP contribution in [0.4, 0.5) is 0 Å². The molecule has 47 heavy (non-hydrogen) atoms. The number of rotatable bonds is 15. The molecule has 3 aromatic carbocycles. The fourth-order valence-corrected chi connectivity index (χ4v) is 5.93. The van der Waals surface area contributed by atoms with Crippen LogP contribution < -0.4 is 5.32 Å². The van der Waals surface area contributed by atoms with Gasteiger partial charge in [-0.05, 0) is 46.7 Å². The number of amides is 1. The summed E-state index contributed by atoms with van der Waals surface area (Å²) in [5.74, 6) is -0.790. The molecule has 0 spiro atoms. The average molecular weight is 681 g/mol. The Kier molecular flexibility index (Phi) is 12.4. The first kappa shape index (κ1) is 34.6. The van der Waals surface area contributed by atoms with Crippen molar-refractivity contribution in [2.45, 2.75) is 83.1 Å². The highest BCUT2D eigenvalue weighted by Crippen LogP contribution is 2.39. The molecular formula is C36H39Cl2N3O6. The van der Waals surface area contributed by atoms with E-state index in [0.717, 1.165) is 52.6 Å². The molecule has 1 aliphatic rings. The molecule has 9 nitrogen and oxygen atoms in total. The Hall–Kier alpha value is -3.73. The number of halogens is 2. The highest BCUT2D eigenvalue weighted by molar-refractivity contribution is 6.40. The number of aliphatic hydroxyl groups is 1. The number of aliphatic carboxylic acids is 1. The monoisotopic (exact) mass is 679 g/mol. The van der Waals surface area contributed by atoms with Gasteiger partial charge in [-0.2, -0.15) is 0 Å². The van der Waals surface area contributed by atoms with Crippen molar-refractivity contribution in [1.29, 1.82) is 0 Å². The lowest BCUT2D eigenvalue weighted by Gasteiger charge is -2.36. The molecule has 3 N–H and O–H groups in total. The quantitative estimate of drug-likeness (QED) is 0.110. The van der Waals surface area contributed by atoms with Gasteiger partial charge in [0.25, 0.3) is 0 Å². The Balaban J connectivity index is 1.22. The molecule has 5 rings (SSSR count). The summed E-state index contributed by atoms with van der Waals surface area (Å²) in [6.45, 7) is 0.863. The lowest BCUT2D eigenvalue weighted by molar-refractivity contribution is -0.252. The van der Waals surface area contributed by atoms with Crippen molar-refractivity contribution in [3.8, 4) is 11.1 Å². The van der Waals surface area contributed by atoms with Crippen LogP contribution in [0.5, 0.6) is 0 Å². The topological polar surface area (TPSA) is 123 Å². The summed E-state index contributed by atoms with van der Waals surface area (Å²) >= 11 is 12.4. The minimum absolute atomic E-state index is 0.00942. The van der Waals surface area contributed by atoms with Crippen molar-refractivity contribution in [2.75, 3.05) is 0 Å². The van der Waals surface area contributed by atoms with E-state index in [4.69, 9.17) is 37.8 Å². The van der Waals surface area contributed by atoms with Crippen molar-refractivity contribution in [3.05, 3.63) is 112 Å². The minimum Gasteiger partial charge on any atom is -0.481 e. The molecule has 4 aromatic rings. The van der Waals surface area contributed by atoms with Crippen LogP contribution in [-0.4, -0.2) is 37.7 Å². The van der Waals surface area contributed by atoms with Gasteiger partial charge >= 0.3 is 5.97 Å². The van der Waals surface area contributed by atoms with Crippen LogP contribution in [0.25, 0.3) is 11.1 Å². The van der Waals surface area contributed by atoms with E-state index in [1.807, 2.05) is 66.7 Å². The van der Waals surface area contributed by atoms with Gasteiger partial charge in [0.05, 0.1) is 31.7 Å². The highest BCUT2D eigenvalue weighted by atomic mass is 35.5. The molecule has 0 radical (unpaired) electrons. The molecule has 3 atom stereocenters. The second kappa shape index (κ2) is 16.9. The van der Waals surface area contributed by atoms with Gasteiger partial charge in [-0.1, -0.05) is 103 Å². The molecule has 11 heteroatoms. The van der Waals surface area contributed by atoms with Crippen molar-refractivity contribution < 1.29 is 29.3 Å². The van der Waals surface area contributed by atoms with Gasteiger partial charge in [0.15, 0.2) is 11.4 Å². The lowest BCUT2D eigenvalue weighted by atomic mass is 9.99. The van der Waals surface area contributed by atoms with E-state index in [9.17, 15) is 14.7 Å². The predicted molar refractivity (Wildman–Crippen MR) is 180 cm³/mol. The van der Waals surface area contributed by atoms with Gasteiger partial charge in [0.1, 0.15) is 5.15 Å². The molecule has 0 saturated carbocycles. The van der Waals surface area contributed by atoms with Crippen LogP contribution in [0, 0.1) is 0 Å². The number of unbranched alkanes of at least 4 members (excludes halogenated alkanes) is 3. The van der Waals surface area contributed by atoms with Gasteiger partial charge in [-0.3, -0.25) is 9.59 Å². The third kappa shape index (κ3) is 9.89. The molecule has 1 aromatic heterocycles. The smallest absolute Gasteiger partial charge is 0.303 e. The second-order valence-corrected chi connectivity index (χ2v) is 12.5. The summed E-state index contributed by atoms with van der Waals surface area (Å²) in [5, 5.41) is 21.8. The van der Waals surface area contributed by atoms with Crippen LogP contribution in [0.3, 0.4) is 0 Å². The summed E-state index contributed by atoms with van der Waals surface area (Å²) in [6.07, 6.45) is 4.75. The molecule has 248 valence electrons. The maximum absolute atomic E-state index is 12.3. The third-order valence-corrected chi connectivity index (χ3v) is 8.99. The number of nitrogens with one attached hydrogen (secondary N) is 1. The number of imidazole rings is 1. The summed E-state index contributed by atoms with van der Waals surface area (Å²) < 4.78 is 14.7. The van der Waals surface area contributed by atoms with Crippen LogP contribution in [-0.2, 0) is 38.8 Å². The maximum atomic E-state index is 12.3. The van der Waals surface area contributed by atoms with Crippen molar-refractivity contribution in [2.24, 2.45) is 0 Å². The van der Waals surface area contributed by atoms with E-state index in [0.29, 0.717) is 37.5 Å². The van der Waals surface area contributed by atoms with Gasteiger partial charge in [-0.15, -0.1) is 0 Å². The normalized spacial score (nSPS) is 17.8. The van der Waals surface area contributed by atoms with Gasteiger partial charge in [0, 0.05) is 31.4 Å². The molecule has 0 aliphatic carbocycles. The maximum Gasteiger partial charge on any atom is 0.303 e. The summed E-state index contributed by atoms with van der Waals surface area (Å²) in [4.78, 5) is 27.0. The molecular weight excluding hydrogens is 641 g/mol. The number of carboxylic acids is 1. The Bertz CT molecular complexity index is 1630. The number of aliphatic hydroxyl groups excluding tert-OH is 1. The Morgan fingerprint density at radius 1 is 0.872 bits per heavy atom. The Morgan fingerprint density at radius 2 is 1.60 bits per heavy atom. The van der Waals surface area contributed by atoms with E-state index in [2.05, 4.69) is 16.4 Å².